The molecule has 3 nitrogen and oxygen atoms in total. The van der Waals surface area contributed by atoms with Gasteiger partial charge in [-0.3, -0.25) is 0 Å². The number of aryl methyl sites for hydroxylation is 2. The third-order valence-electron chi connectivity index (χ3n) is 4.35. The Labute approximate surface area is 161 Å². The summed E-state index contributed by atoms with van der Waals surface area (Å²) in [6.45, 7) is 4.72. The highest BCUT2D eigenvalue weighted by atomic mass is 79.9. The molecule has 0 aliphatic heterocycles. The molecular formula is C22H19BrN2O. The minimum atomic E-state index is 0.571. The van der Waals surface area contributed by atoms with Crippen molar-refractivity contribution in [3.8, 4) is 17.0 Å². The number of nitrogens with zero attached hydrogens (tertiary/aromatic N) is 2. The van der Waals surface area contributed by atoms with Gasteiger partial charge in [-0.1, -0.05) is 30.3 Å². The Balaban J connectivity index is 1.60. The Morgan fingerprint density at radius 3 is 2.58 bits per heavy atom. The Bertz CT molecular complexity index is 1070. The van der Waals surface area contributed by atoms with Gasteiger partial charge in [-0.2, -0.15) is 0 Å². The zero-order valence-corrected chi connectivity index (χ0v) is 16.3. The maximum Gasteiger partial charge on any atom is 0.151 e. The second-order valence-corrected chi connectivity index (χ2v) is 7.33. The largest absolute Gasteiger partial charge is 0.489 e. The summed E-state index contributed by atoms with van der Waals surface area (Å²) < 4.78 is 9.04. The van der Waals surface area contributed by atoms with Crippen LogP contribution in [0.4, 0.5) is 0 Å². The highest BCUT2D eigenvalue weighted by Gasteiger charge is 2.10. The van der Waals surface area contributed by atoms with Gasteiger partial charge in [-0.15, -0.1) is 0 Å². The number of ether oxygens (including phenoxy) is 1. The first-order valence-corrected chi connectivity index (χ1v) is 9.32. The lowest BCUT2D eigenvalue weighted by atomic mass is 10.1. The maximum atomic E-state index is 5.97. The second kappa shape index (κ2) is 6.96. The molecule has 26 heavy (non-hydrogen) atoms. The van der Waals surface area contributed by atoms with Crippen LogP contribution in [-0.4, -0.2) is 9.38 Å². The van der Waals surface area contributed by atoms with E-state index < -0.39 is 0 Å². The molecule has 2 aromatic carbocycles. The predicted octanol–water partition coefficient (Wildman–Crippen LogP) is 5.96. The van der Waals surface area contributed by atoms with Crippen LogP contribution in [0.15, 0.2) is 71.5 Å². The minimum Gasteiger partial charge on any atom is -0.489 e. The van der Waals surface area contributed by atoms with E-state index in [1.165, 1.54) is 5.56 Å². The zero-order valence-electron chi connectivity index (χ0n) is 14.7. The van der Waals surface area contributed by atoms with E-state index in [-0.39, 0.29) is 0 Å². The molecule has 130 valence electrons. The summed E-state index contributed by atoms with van der Waals surface area (Å²) in [4.78, 5) is 4.76. The molecule has 4 aromatic rings. The van der Waals surface area contributed by atoms with Gasteiger partial charge in [0.25, 0.3) is 0 Å². The summed E-state index contributed by atoms with van der Waals surface area (Å²) >= 11 is 3.60. The second-order valence-electron chi connectivity index (χ2n) is 6.48. The van der Waals surface area contributed by atoms with Crippen molar-refractivity contribution in [3.63, 3.8) is 0 Å². The molecule has 2 aromatic heterocycles. The zero-order chi connectivity index (χ0) is 18.1. The van der Waals surface area contributed by atoms with Gasteiger partial charge < -0.3 is 9.14 Å². The predicted molar refractivity (Wildman–Crippen MR) is 109 cm³/mol. The van der Waals surface area contributed by atoms with Crippen molar-refractivity contribution < 1.29 is 4.74 Å². The molecule has 0 saturated carbocycles. The van der Waals surface area contributed by atoms with E-state index >= 15 is 0 Å². The first-order chi connectivity index (χ1) is 12.6. The van der Waals surface area contributed by atoms with Gasteiger partial charge in [0.1, 0.15) is 12.4 Å². The first kappa shape index (κ1) is 16.9. The van der Waals surface area contributed by atoms with Gasteiger partial charge in [-0.05, 0) is 70.7 Å². The molecule has 0 aliphatic carbocycles. The monoisotopic (exact) mass is 406 g/mol. The van der Waals surface area contributed by atoms with Crippen molar-refractivity contribution in [3.05, 3.63) is 88.2 Å². The molecule has 2 heterocycles. The number of fused-ring (bicyclic) bond motifs is 1. The molecule has 0 bridgehead atoms. The van der Waals surface area contributed by atoms with Crippen LogP contribution in [0.3, 0.4) is 0 Å². The highest BCUT2D eigenvalue weighted by molar-refractivity contribution is 9.10. The first-order valence-electron chi connectivity index (χ1n) is 8.53. The maximum absolute atomic E-state index is 5.97. The number of aromatic nitrogens is 2. The molecule has 0 aliphatic rings. The van der Waals surface area contributed by atoms with E-state index in [1.54, 1.807) is 0 Å². The van der Waals surface area contributed by atoms with Gasteiger partial charge >= 0.3 is 0 Å². The Morgan fingerprint density at radius 2 is 1.81 bits per heavy atom. The fourth-order valence-electron chi connectivity index (χ4n) is 3.03. The third kappa shape index (κ3) is 3.37. The normalized spacial score (nSPS) is 11.0. The molecule has 0 N–H and O–H groups in total. The molecule has 0 spiro atoms. The number of pyridine rings is 1. The topological polar surface area (TPSA) is 26.5 Å². The lowest BCUT2D eigenvalue weighted by molar-refractivity contribution is 0.304. The average molecular weight is 407 g/mol. The number of rotatable bonds is 4. The average Bonchev–Trinajstić information content (AvgIpc) is 3.06. The van der Waals surface area contributed by atoms with Crippen LogP contribution in [0.2, 0.25) is 0 Å². The fourth-order valence-corrected chi connectivity index (χ4v) is 3.69. The number of hydrogen-bond acceptors (Lipinski definition) is 2. The lowest BCUT2D eigenvalue weighted by Crippen LogP contribution is -1.96. The van der Waals surface area contributed by atoms with Crippen molar-refractivity contribution in [2.45, 2.75) is 20.5 Å². The quantitative estimate of drug-likeness (QED) is 0.417. The van der Waals surface area contributed by atoms with Gasteiger partial charge in [0.15, 0.2) is 5.65 Å². The van der Waals surface area contributed by atoms with Crippen LogP contribution < -0.4 is 4.74 Å². The summed E-state index contributed by atoms with van der Waals surface area (Å²) in [6.07, 6.45) is 4.15. The SMILES string of the molecule is Cc1cc(Br)c2nc(-c3ccc(OCc4ccccc4)c(C)c3)cn2c1. The van der Waals surface area contributed by atoms with E-state index in [0.29, 0.717) is 6.61 Å². The van der Waals surface area contributed by atoms with Crippen molar-refractivity contribution in [1.82, 2.24) is 9.38 Å². The fraction of sp³-hybridized carbons (Fsp3) is 0.136. The number of imidazole rings is 1. The highest BCUT2D eigenvalue weighted by Crippen LogP contribution is 2.28. The standard InChI is InChI=1S/C22H19BrN2O/c1-15-10-19(23)22-24-20(13-25(22)12-15)18-8-9-21(16(2)11-18)26-14-17-6-4-3-5-7-17/h3-13H,14H2,1-2H3. The Kier molecular flexibility index (Phi) is 4.51. The Hall–Kier alpha value is -2.59. The Morgan fingerprint density at radius 1 is 1.00 bits per heavy atom. The number of halogens is 1. The van der Waals surface area contributed by atoms with Crippen molar-refractivity contribution in [1.29, 1.82) is 0 Å². The van der Waals surface area contributed by atoms with Gasteiger partial charge in [0.05, 0.1) is 10.2 Å². The van der Waals surface area contributed by atoms with Gasteiger partial charge in [0.2, 0.25) is 0 Å². The van der Waals surface area contributed by atoms with Crippen LogP contribution >= 0.6 is 15.9 Å². The molecule has 0 atom stereocenters. The summed E-state index contributed by atoms with van der Waals surface area (Å²) in [6, 6.07) is 18.5. The van der Waals surface area contributed by atoms with Crippen molar-refractivity contribution in [2.75, 3.05) is 0 Å². The van der Waals surface area contributed by atoms with Gasteiger partial charge in [-0.25, -0.2) is 4.98 Å². The van der Waals surface area contributed by atoms with Crippen molar-refractivity contribution >= 4 is 21.6 Å². The molecule has 0 saturated heterocycles. The van der Waals surface area contributed by atoms with Gasteiger partial charge in [0, 0.05) is 18.0 Å². The molecule has 0 unspecified atom stereocenters. The molecule has 4 rings (SSSR count). The van der Waals surface area contributed by atoms with E-state index in [9.17, 15) is 0 Å². The molecule has 0 amide bonds. The van der Waals surface area contributed by atoms with E-state index in [4.69, 9.17) is 9.72 Å². The molecule has 0 radical (unpaired) electrons. The van der Waals surface area contributed by atoms with Crippen LogP contribution in [0.25, 0.3) is 16.9 Å². The van der Waals surface area contributed by atoms with Crippen LogP contribution in [0.5, 0.6) is 5.75 Å². The van der Waals surface area contributed by atoms with E-state index in [1.807, 2.05) is 24.3 Å². The minimum absolute atomic E-state index is 0.571. The smallest absolute Gasteiger partial charge is 0.151 e. The van der Waals surface area contributed by atoms with Crippen LogP contribution in [0, 0.1) is 13.8 Å². The van der Waals surface area contributed by atoms with Crippen LogP contribution in [-0.2, 0) is 6.61 Å². The summed E-state index contributed by atoms with van der Waals surface area (Å²) in [7, 11) is 0. The lowest BCUT2D eigenvalue weighted by Gasteiger charge is -2.10. The third-order valence-corrected chi connectivity index (χ3v) is 4.93. The van der Waals surface area contributed by atoms with E-state index in [0.717, 1.165) is 38.3 Å². The van der Waals surface area contributed by atoms with Crippen molar-refractivity contribution in [2.24, 2.45) is 0 Å². The summed E-state index contributed by atoms with van der Waals surface area (Å²) in [5.41, 5.74) is 6.42. The summed E-state index contributed by atoms with van der Waals surface area (Å²) in [5, 5.41) is 0. The summed E-state index contributed by atoms with van der Waals surface area (Å²) in [5.74, 6) is 0.901. The van der Waals surface area contributed by atoms with E-state index in [2.05, 4.69) is 76.9 Å². The molecule has 4 heteroatoms. The number of benzene rings is 2. The number of hydrogen-bond donors (Lipinski definition) is 0. The molecular weight excluding hydrogens is 388 g/mol. The van der Waals surface area contributed by atoms with Crippen LogP contribution in [0.1, 0.15) is 16.7 Å². The molecule has 0 fully saturated rings.